The van der Waals surface area contributed by atoms with E-state index in [2.05, 4.69) is 187 Å². The van der Waals surface area contributed by atoms with E-state index in [9.17, 15) is 0 Å². The lowest BCUT2D eigenvalue weighted by Crippen LogP contribution is -2.01. The molecule has 0 saturated heterocycles. The molecule has 5 nitrogen and oxygen atoms in total. The van der Waals surface area contributed by atoms with Gasteiger partial charge < -0.3 is 0 Å². The molecule has 0 saturated carbocycles. The molecule has 5 heteroatoms. The van der Waals surface area contributed by atoms with Crippen molar-refractivity contribution in [3.8, 4) is 84.4 Å². The minimum atomic E-state index is 0.627. The lowest BCUT2D eigenvalue weighted by atomic mass is 9.90. The first kappa shape index (κ1) is 37.7. The summed E-state index contributed by atoms with van der Waals surface area (Å²) in [5.74, 6) is 2.95. The molecule has 63 heavy (non-hydrogen) atoms. The number of aryl methyl sites for hydroxylation is 1. The highest BCUT2D eigenvalue weighted by molar-refractivity contribution is 6.06. The van der Waals surface area contributed by atoms with Crippen molar-refractivity contribution in [2.24, 2.45) is 0 Å². The van der Waals surface area contributed by atoms with E-state index in [0.717, 1.165) is 73.3 Å². The number of nitrogens with zero attached hydrogens (tertiary/aromatic N) is 5. The van der Waals surface area contributed by atoms with Crippen molar-refractivity contribution in [3.63, 3.8) is 0 Å². The van der Waals surface area contributed by atoms with Gasteiger partial charge >= 0.3 is 0 Å². The lowest BCUT2D eigenvalue weighted by Gasteiger charge is -2.15. The van der Waals surface area contributed by atoms with Crippen LogP contribution in [0, 0.1) is 0 Å². The molecule has 0 atom stereocenters. The maximum absolute atomic E-state index is 5.18. The van der Waals surface area contributed by atoms with E-state index in [-0.39, 0.29) is 0 Å². The van der Waals surface area contributed by atoms with Crippen LogP contribution in [0.4, 0.5) is 0 Å². The van der Waals surface area contributed by atoms with Gasteiger partial charge in [-0.25, -0.2) is 19.9 Å². The Balaban J connectivity index is 0.944. The van der Waals surface area contributed by atoms with Gasteiger partial charge in [-0.3, -0.25) is 4.57 Å². The van der Waals surface area contributed by atoms with Crippen LogP contribution in [0.2, 0.25) is 0 Å². The third-order valence-electron chi connectivity index (χ3n) is 11.9. The Kier molecular flexibility index (Phi) is 9.75. The minimum Gasteiger partial charge on any atom is -0.296 e. The molecule has 0 unspecified atom stereocenters. The molecule has 11 aromatic rings. The van der Waals surface area contributed by atoms with Crippen LogP contribution in [0.15, 0.2) is 218 Å². The molecule has 0 aliphatic rings. The first-order chi connectivity index (χ1) is 31.2. The zero-order valence-electron chi connectivity index (χ0n) is 34.7. The molecular formula is C58H41N5. The van der Waals surface area contributed by atoms with Gasteiger partial charge in [0, 0.05) is 28.8 Å². The van der Waals surface area contributed by atoms with E-state index in [1.54, 1.807) is 0 Å². The molecule has 0 N–H and O–H groups in total. The van der Waals surface area contributed by atoms with E-state index in [1.165, 1.54) is 27.6 Å². The summed E-state index contributed by atoms with van der Waals surface area (Å²) in [5, 5.41) is 2.34. The number of imidazole rings is 1. The second kappa shape index (κ2) is 16.3. The molecule has 2 heterocycles. The van der Waals surface area contributed by atoms with E-state index < -0.39 is 0 Å². The van der Waals surface area contributed by atoms with Crippen LogP contribution >= 0.6 is 0 Å². The topological polar surface area (TPSA) is 56.5 Å². The summed E-state index contributed by atoms with van der Waals surface area (Å²) in [5.41, 5.74) is 15.3. The Morgan fingerprint density at radius 3 is 1.41 bits per heavy atom. The van der Waals surface area contributed by atoms with Gasteiger partial charge in [-0.2, -0.15) is 0 Å². The third-order valence-corrected chi connectivity index (χ3v) is 11.9. The number of para-hydroxylation sites is 2. The normalized spacial score (nSPS) is 11.3. The summed E-state index contributed by atoms with van der Waals surface area (Å²) in [4.78, 5) is 20.2. The summed E-state index contributed by atoms with van der Waals surface area (Å²) in [6, 6.07) is 76.8. The van der Waals surface area contributed by atoms with Crippen molar-refractivity contribution < 1.29 is 0 Å². The second-order valence-corrected chi connectivity index (χ2v) is 15.7. The summed E-state index contributed by atoms with van der Waals surface area (Å²) in [6.45, 7) is 2.16. The van der Waals surface area contributed by atoms with E-state index in [1.807, 2.05) is 42.5 Å². The van der Waals surface area contributed by atoms with Crippen molar-refractivity contribution >= 4 is 21.8 Å². The third kappa shape index (κ3) is 7.15. The Labute approximate surface area is 366 Å². The van der Waals surface area contributed by atoms with Crippen molar-refractivity contribution in [2.45, 2.75) is 13.3 Å². The number of rotatable bonds is 9. The van der Waals surface area contributed by atoms with Gasteiger partial charge in [0.25, 0.3) is 0 Å². The van der Waals surface area contributed by atoms with Crippen LogP contribution in [0.3, 0.4) is 0 Å². The van der Waals surface area contributed by atoms with Crippen molar-refractivity contribution in [1.82, 2.24) is 24.5 Å². The standard InChI is InChI=1S/C58H41N5/c1-2-55-59-53-25-11-12-26-54(53)63(55)46-37-35-42(36-38-46)41-27-31-43(32-28-41)47-21-13-23-49-48(47)22-14-24-50(49)51-19-9-10-20-52(51)58-61-56(44-17-7-4-8-18-44)60-57(62-58)45-33-29-40(30-34-45)39-15-5-3-6-16-39/h3-38H,2H2,1H3. The van der Waals surface area contributed by atoms with Gasteiger partial charge in [0.15, 0.2) is 17.5 Å². The van der Waals surface area contributed by atoms with E-state index in [4.69, 9.17) is 19.9 Å². The average molecular weight is 808 g/mol. The fourth-order valence-electron chi connectivity index (χ4n) is 8.74. The van der Waals surface area contributed by atoms with Gasteiger partial charge in [0.2, 0.25) is 0 Å². The Hall–Kier alpha value is -8.28. The molecule has 0 aliphatic carbocycles. The van der Waals surface area contributed by atoms with Crippen molar-refractivity contribution in [1.29, 1.82) is 0 Å². The molecular weight excluding hydrogens is 767 g/mol. The van der Waals surface area contributed by atoms with Crippen LogP contribution in [-0.4, -0.2) is 24.5 Å². The van der Waals surface area contributed by atoms with Gasteiger partial charge in [-0.15, -0.1) is 0 Å². The smallest absolute Gasteiger partial charge is 0.164 e. The van der Waals surface area contributed by atoms with Crippen LogP contribution in [0.5, 0.6) is 0 Å². The van der Waals surface area contributed by atoms with E-state index in [0.29, 0.717) is 17.5 Å². The highest BCUT2D eigenvalue weighted by Gasteiger charge is 2.18. The number of fused-ring (bicyclic) bond motifs is 2. The summed E-state index contributed by atoms with van der Waals surface area (Å²) in [6.07, 6.45) is 0.862. The lowest BCUT2D eigenvalue weighted by molar-refractivity contribution is 0.908. The zero-order chi connectivity index (χ0) is 42.1. The predicted octanol–water partition coefficient (Wildman–Crippen LogP) is 14.6. The fraction of sp³-hybridized carbons (Fsp3) is 0.0345. The van der Waals surface area contributed by atoms with Crippen LogP contribution in [-0.2, 0) is 6.42 Å². The van der Waals surface area contributed by atoms with Crippen molar-refractivity contribution in [3.05, 3.63) is 224 Å². The maximum atomic E-state index is 5.18. The van der Waals surface area contributed by atoms with E-state index >= 15 is 0 Å². The first-order valence-electron chi connectivity index (χ1n) is 21.4. The van der Waals surface area contributed by atoms with Gasteiger partial charge in [-0.05, 0) is 79.5 Å². The molecule has 0 amide bonds. The Morgan fingerprint density at radius 1 is 0.317 bits per heavy atom. The molecule has 0 radical (unpaired) electrons. The molecule has 0 fully saturated rings. The largest absolute Gasteiger partial charge is 0.296 e. The maximum Gasteiger partial charge on any atom is 0.164 e. The highest BCUT2D eigenvalue weighted by atomic mass is 15.1. The summed E-state index contributed by atoms with van der Waals surface area (Å²) < 4.78 is 2.27. The molecule has 0 bridgehead atoms. The van der Waals surface area contributed by atoms with Gasteiger partial charge in [0.1, 0.15) is 5.82 Å². The minimum absolute atomic E-state index is 0.627. The molecule has 9 aromatic carbocycles. The first-order valence-corrected chi connectivity index (χ1v) is 21.4. The van der Waals surface area contributed by atoms with Gasteiger partial charge in [0.05, 0.1) is 11.0 Å². The number of benzene rings is 9. The van der Waals surface area contributed by atoms with Crippen LogP contribution in [0.1, 0.15) is 12.7 Å². The number of hydrogen-bond acceptors (Lipinski definition) is 4. The summed E-state index contributed by atoms with van der Waals surface area (Å²) in [7, 11) is 0. The number of aromatic nitrogens is 5. The van der Waals surface area contributed by atoms with Crippen molar-refractivity contribution in [2.75, 3.05) is 0 Å². The fourth-order valence-corrected chi connectivity index (χ4v) is 8.74. The monoisotopic (exact) mass is 807 g/mol. The molecule has 0 aliphatic heterocycles. The Bertz CT molecular complexity index is 3390. The second-order valence-electron chi connectivity index (χ2n) is 15.7. The molecule has 0 spiro atoms. The van der Waals surface area contributed by atoms with Crippen LogP contribution < -0.4 is 0 Å². The SMILES string of the molecule is CCc1nc2ccccc2n1-c1ccc(-c2ccc(-c3cccc4c(-c5ccccc5-c5nc(-c6ccccc6)nc(-c6ccc(-c7ccccc7)cc6)n5)cccc34)cc2)cc1. The van der Waals surface area contributed by atoms with Gasteiger partial charge in [-0.1, -0.05) is 201 Å². The quantitative estimate of drug-likeness (QED) is 0.146. The summed E-state index contributed by atoms with van der Waals surface area (Å²) >= 11 is 0. The number of hydrogen-bond donors (Lipinski definition) is 0. The predicted molar refractivity (Wildman–Crippen MR) is 259 cm³/mol. The molecule has 11 rings (SSSR count). The highest BCUT2D eigenvalue weighted by Crippen LogP contribution is 2.39. The zero-order valence-corrected chi connectivity index (χ0v) is 34.7. The van der Waals surface area contributed by atoms with Crippen LogP contribution in [0.25, 0.3) is 106 Å². The molecule has 2 aromatic heterocycles. The molecule has 298 valence electrons. The average Bonchev–Trinajstić information content (AvgIpc) is 3.75. The Morgan fingerprint density at radius 2 is 0.762 bits per heavy atom.